The molecule has 2 aromatic heterocycles. The molecule has 2 saturated heterocycles. The fraction of sp³-hybridized carbons (Fsp3) is 0.526. The van der Waals surface area contributed by atoms with Gasteiger partial charge in [0.1, 0.15) is 0 Å². The van der Waals surface area contributed by atoms with Crippen molar-refractivity contribution in [2.24, 2.45) is 0 Å². The van der Waals surface area contributed by atoms with E-state index in [1.807, 2.05) is 13.0 Å². The summed E-state index contributed by atoms with van der Waals surface area (Å²) >= 11 is 0. The van der Waals surface area contributed by atoms with E-state index in [1.54, 1.807) is 6.07 Å². The summed E-state index contributed by atoms with van der Waals surface area (Å²) in [6.45, 7) is 7.66. The fourth-order valence-corrected chi connectivity index (χ4v) is 3.73. The average molecular weight is 355 g/mol. The second-order valence-electron chi connectivity index (χ2n) is 7.08. The predicted molar refractivity (Wildman–Crippen MR) is 99.5 cm³/mol. The predicted octanol–water partition coefficient (Wildman–Crippen LogP) is 1.30. The van der Waals surface area contributed by atoms with Gasteiger partial charge < -0.3 is 9.64 Å². The third-order valence-corrected chi connectivity index (χ3v) is 5.08. The van der Waals surface area contributed by atoms with Crippen LogP contribution in [0.3, 0.4) is 0 Å². The average Bonchev–Trinajstić information content (AvgIpc) is 3.10. The number of pyridine rings is 1. The maximum Gasteiger partial charge on any atom is 0.252 e. The van der Waals surface area contributed by atoms with Crippen LogP contribution in [0.2, 0.25) is 0 Å². The Kier molecular flexibility index (Phi) is 4.99. The van der Waals surface area contributed by atoms with E-state index in [0.717, 1.165) is 56.2 Å². The summed E-state index contributed by atoms with van der Waals surface area (Å²) in [5, 5.41) is 0. The molecule has 2 aliphatic heterocycles. The second-order valence-corrected chi connectivity index (χ2v) is 7.08. The summed E-state index contributed by atoms with van der Waals surface area (Å²) in [5.74, 6) is 0.969. The molecule has 1 unspecified atom stereocenters. The van der Waals surface area contributed by atoms with Crippen LogP contribution >= 0.6 is 0 Å². The largest absolute Gasteiger partial charge is 0.378 e. The molecule has 2 aromatic rings. The number of nitrogens with zero attached hydrogens (tertiary/aromatic N) is 4. The minimum absolute atomic E-state index is 0.0738. The molecule has 0 saturated carbocycles. The van der Waals surface area contributed by atoms with Gasteiger partial charge in [-0.15, -0.1) is 0 Å². The highest BCUT2D eigenvalue weighted by atomic mass is 16.5. The number of rotatable bonds is 4. The molecule has 0 aliphatic carbocycles. The molecule has 4 heterocycles. The molecule has 138 valence electrons. The zero-order chi connectivity index (χ0) is 17.9. The van der Waals surface area contributed by atoms with Crippen molar-refractivity contribution in [2.45, 2.75) is 25.8 Å². The van der Waals surface area contributed by atoms with Crippen LogP contribution in [0.4, 0.5) is 5.95 Å². The number of H-pyrrole nitrogens is 1. The lowest BCUT2D eigenvalue weighted by atomic mass is 10.1. The SMILES string of the molecule is Cc1cccc(CN2CCC(c3cc(=O)[nH]c(N4CCOCC4)n3)C2)n1. The number of hydrogen-bond donors (Lipinski definition) is 1. The Morgan fingerprint density at radius 1 is 1.23 bits per heavy atom. The molecule has 0 bridgehead atoms. The van der Waals surface area contributed by atoms with E-state index in [-0.39, 0.29) is 5.56 Å². The van der Waals surface area contributed by atoms with Crippen molar-refractivity contribution < 1.29 is 4.74 Å². The molecule has 2 aliphatic rings. The molecule has 2 fully saturated rings. The highest BCUT2D eigenvalue weighted by molar-refractivity contribution is 5.32. The molecular formula is C19H25N5O2. The minimum atomic E-state index is -0.0738. The number of anilines is 1. The Labute approximate surface area is 153 Å². The van der Waals surface area contributed by atoms with Gasteiger partial charge in [-0.3, -0.25) is 19.7 Å². The third kappa shape index (κ3) is 3.94. The van der Waals surface area contributed by atoms with Gasteiger partial charge in [-0.25, -0.2) is 4.98 Å². The number of hydrogen-bond acceptors (Lipinski definition) is 6. The normalized spacial score (nSPS) is 21.3. The summed E-state index contributed by atoms with van der Waals surface area (Å²) in [5.41, 5.74) is 2.97. The van der Waals surface area contributed by atoms with E-state index >= 15 is 0 Å². The van der Waals surface area contributed by atoms with Crippen LogP contribution in [0, 0.1) is 6.92 Å². The van der Waals surface area contributed by atoms with Gasteiger partial charge in [0, 0.05) is 43.9 Å². The molecular weight excluding hydrogens is 330 g/mol. The Bertz CT molecular complexity index is 816. The van der Waals surface area contributed by atoms with Crippen molar-refractivity contribution in [3.63, 3.8) is 0 Å². The molecule has 1 N–H and O–H groups in total. The van der Waals surface area contributed by atoms with Gasteiger partial charge >= 0.3 is 0 Å². The second kappa shape index (κ2) is 7.55. The van der Waals surface area contributed by atoms with Crippen LogP contribution in [0.15, 0.2) is 29.1 Å². The first-order valence-corrected chi connectivity index (χ1v) is 9.26. The van der Waals surface area contributed by atoms with E-state index in [4.69, 9.17) is 9.72 Å². The standard InChI is InChI=1S/C19H25N5O2/c1-14-3-2-4-16(20-14)13-23-6-5-15(12-23)17-11-18(25)22-19(21-17)24-7-9-26-10-8-24/h2-4,11,15H,5-10,12-13H2,1H3,(H,21,22,25). The maximum atomic E-state index is 12.1. The van der Waals surface area contributed by atoms with Crippen LogP contribution < -0.4 is 10.5 Å². The fourth-order valence-electron chi connectivity index (χ4n) is 3.73. The Hall–Kier alpha value is -2.25. The minimum Gasteiger partial charge on any atom is -0.378 e. The lowest BCUT2D eigenvalue weighted by Gasteiger charge is -2.27. The summed E-state index contributed by atoms with van der Waals surface area (Å²) < 4.78 is 5.39. The summed E-state index contributed by atoms with van der Waals surface area (Å²) in [4.78, 5) is 28.9. The zero-order valence-corrected chi connectivity index (χ0v) is 15.1. The molecule has 26 heavy (non-hydrogen) atoms. The van der Waals surface area contributed by atoms with Crippen LogP contribution in [0.25, 0.3) is 0 Å². The van der Waals surface area contributed by atoms with Gasteiger partial charge in [0.05, 0.1) is 24.6 Å². The first-order chi connectivity index (χ1) is 12.7. The lowest BCUT2D eigenvalue weighted by Crippen LogP contribution is -2.38. The quantitative estimate of drug-likeness (QED) is 0.891. The van der Waals surface area contributed by atoms with Crippen molar-refractivity contribution in [2.75, 3.05) is 44.3 Å². The summed E-state index contributed by atoms with van der Waals surface area (Å²) in [6.07, 6.45) is 1.02. The van der Waals surface area contributed by atoms with Gasteiger partial charge in [0.15, 0.2) is 0 Å². The number of aromatic amines is 1. The molecule has 7 heteroatoms. The zero-order valence-electron chi connectivity index (χ0n) is 15.1. The van der Waals surface area contributed by atoms with E-state index in [9.17, 15) is 4.79 Å². The number of ether oxygens (including phenoxy) is 1. The van der Waals surface area contributed by atoms with Crippen molar-refractivity contribution in [3.8, 4) is 0 Å². The summed E-state index contributed by atoms with van der Waals surface area (Å²) in [7, 11) is 0. The Morgan fingerprint density at radius 3 is 2.88 bits per heavy atom. The van der Waals surface area contributed by atoms with Crippen LogP contribution in [-0.2, 0) is 11.3 Å². The number of morpholine rings is 1. The van der Waals surface area contributed by atoms with E-state index in [0.29, 0.717) is 25.1 Å². The smallest absolute Gasteiger partial charge is 0.252 e. The Morgan fingerprint density at radius 2 is 2.08 bits per heavy atom. The van der Waals surface area contributed by atoms with Gasteiger partial charge in [-0.2, -0.15) is 0 Å². The lowest BCUT2D eigenvalue weighted by molar-refractivity contribution is 0.122. The number of likely N-dealkylation sites (tertiary alicyclic amines) is 1. The molecule has 0 radical (unpaired) electrons. The van der Waals surface area contributed by atoms with Crippen LogP contribution in [0.1, 0.15) is 29.4 Å². The first kappa shape index (κ1) is 17.2. The van der Waals surface area contributed by atoms with Gasteiger partial charge in [0.25, 0.3) is 5.56 Å². The van der Waals surface area contributed by atoms with Crippen molar-refractivity contribution in [3.05, 3.63) is 51.7 Å². The van der Waals surface area contributed by atoms with Gasteiger partial charge in [0.2, 0.25) is 5.95 Å². The highest BCUT2D eigenvalue weighted by Gasteiger charge is 2.26. The molecule has 0 amide bonds. The molecule has 0 aromatic carbocycles. The Balaban J connectivity index is 1.46. The molecule has 0 spiro atoms. The monoisotopic (exact) mass is 355 g/mol. The number of aromatic nitrogens is 3. The van der Waals surface area contributed by atoms with E-state index < -0.39 is 0 Å². The topological polar surface area (TPSA) is 74.4 Å². The number of aryl methyl sites for hydroxylation is 1. The van der Waals surface area contributed by atoms with Gasteiger partial charge in [-0.05, 0) is 32.0 Å². The molecule has 1 atom stereocenters. The first-order valence-electron chi connectivity index (χ1n) is 9.26. The third-order valence-electron chi connectivity index (χ3n) is 5.08. The number of nitrogens with one attached hydrogen (secondary N) is 1. The van der Waals surface area contributed by atoms with Crippen molar-refractivity contribution >= 4 is 5.95 Å². The van der Waals surface area contributed by atoms with E-state index in [2.05, 4.69) is 31.9 Å². The van der Waals surface area contributed by atoms with Crippen LogP contribution in [0.5, 0.6) is 0 Å². The molecule has 4 rings (SSSR count). The van der Waals surface area contributed by atoms with E-state index in [1.165, 1.54) is 0 Å². The van der Waals surface area contributed by atoms with Crippen molar-refractivity contribution in [1.29, 1.82) is 0 Å². The molecule has 7 nitrogen and oxygen atoms in total. The maximum absolute atomic E-state index is 12.1. The summed E-state index contributed by atoms with van der Waals surface area (Å²) in [6, 6.07) is 7.80. The van der Waals surface area contributed by atoms with Crippen molar-refractivity contribution in [1.82, 2.24) is 19.9 Å². The van der Waals surface area contributed by atoms with Gasteiger partial charge in [-0.1, -0.05) is 6.07 Å². The highest BCUT2D eigenvalue weighted by Crippen LogP contribution is 2.27. The van der Waals surface area contributed by atoms with Crippen LogP contribution in [-0.4, -0.2) is 59.2 Å².